The van der Waals surface area contributed by atoms with Gasteiger partial charge in [-0.2, -0.15) is 0 Å². The molecular weight excluding hydrogens is 282 g/mol. The van der Waals surface area contributed by atoms with E-state index in [0.717, 1.165) is 38.3 Å². The highest BCUT2D eigenvalue weighted by molar-refractivity contribution is 5.77. The molecule has 22 heavy (non-hydrogen) atoms. The van der Waals surface area contributed by atoms with Crippen LogP contribution in [-0.2, 0) is 14.3 Å². The van der Waals surface area contributed by atoms with E-state index >= 15 is 0 Å². The highest BCUT2D eigenvalue weighted by Gasteiger charge is 2.19. The Bertz CT molecular complexity index is 481. The van der Waals surface area contributed by atoms with Gasteiger partial charge in [-0.25, -0.2) is 0 Å². The third-order valence-electron chi connectivity index (χ3n) is 3.75. The Balaban J connectivity index is 1.83. The monoisotopic (exact) mass is 307 g/mol. The summed E-state index contributed by atoms with van der Waals surface area (Å²) in [6, 6.07) is 4.11. The van der Waals surface area contributed by atoms with E-state index in [2.05, 4.69) is 16.0 Å². The molecule has 0 aromatic carbocycles. The highest BCUT2D eigenvalue weighted by Crippen LogP contribution is 2.16. The maximum atomic E-state index is 12.1. The fourth-order valence-corrected chi connectivity index (χ4v) is 2.55. The van der Waals surface area contributed by atoms with Crippen molar-refractivity contribution in [1.82, 2.24) is 9.88 Å². The Morgan fingerprint density at radius 3 is 2.91 bits per heavy atom. The van der Waals surface area contributed by atoms with Crippen molar-refractivity contribution in [3.63, 3.8) is 0 Å². The van der Waals surface area contributed by atoms with Crippen molar-refractivity contribution in [1.29, 1.82) is 0 Å². The third kappa shape index (κ3) is 4.96. The van der Waals surface area contributed by atoms with Crippen LogP contribution in [0.5, 0.6) is 0 Å². The lowest BCUT2D eigenvalue weighted by molar-refractivity contribution is -0.136. The standard InChI is InChI=1S/C16H25N3O3/c1-14-12-15(4-5-17-14)18-6-3-7-19(9-8-18)16(20)13-22-11-10-21-2/h4-5,12H,3,6-11,13H2,1-2H3. The van der Waals surface area contributed by atoms with Crippen LogP contribution in [0, 0.1) is 6.92 Å². The predicted molar refractivity (Wildman–Crippen MR) is 85.1 cm³/mol. The summed E-state index contributed by atoms with van der Waals surface area (Å²) in [7, 11) is 1.62. The van der Waals surface area contributed by atoms with Gasteiger partial charge in [-0.05, 0) is 25.5 Å². The SMILES string of the molecule is COCCOCC(=O)N1CCCN(c2ccnc(C)c2)CC1. The number of hydrogen-bond acceptors (Lipinski definition) is 5. The lowest BCUT2D eigenvalue weighted by Gasteiger charge is -2.23. The van der Waals surface area contributed by atoms with Gasteiger partial charge in [0, 0.05) is 50.9 Å². The number of ether oxygens (including phenoxy) is 2. The first-order chi connectivity index (χ1) is 10.7. The van der Waals surface area contributed by atoms with E-state index in [9.17, 15) is 4.79 Å². The van der Waals surface area contributed by atoms with Crippen LogP contribution < -0.4 is 4.90 Å². The number of methoxy groups -OCH3 is 1. The summed E-state index contributed by atoms with van der Waals surface area (Å²) in [5.41, 5.74) is 2.19. The summed E-state index contributed by atoms with van der Waals surface area (Å²) in [5, 5.41) is 0. The quantitative estimate of drug-likeness (QED) is 0.737. The molecule has 2 heterocycles. The molecule has 1 aliphatic heterocycles. The summed E-state index contributed by atoms with van der Waals surface area (Å²) in [6.45, 7) is 6.42. The molecule has 122 valence electrons. The van der Waals surface area contributed by atoms with Gasteiger partial charge in [0.05, 0.1) is 13.2 Å². The van der Waals surface area contributed by atoms with Gasteiger partial charge in [-0.1, -0.05) is 0 Å². The molecule has 0 unspecified atom stereocenters. The number of anilines is 1. The first-order valence-electron chi connectivity index (χ1n) is 7.73. The number of rotatable bonds is 6. The smallest absolute Gasteiger partial charge is 0.248 e. The first kappa shape index (κ1) is 16.7. The molecule has 0 atom stereocenters. The van der Waals surface area contributed by atoms with E-state index in [0.29, 0.717) is 13.2 Å². The molecular formula is C16H25N3O3. The molecule has 1 aromatic heterocycles. The van der Waals surface area contributed by atoms with E-state index in [1.54, 1.807) is 7.11 Å². The van der Waals surface area contributed by atoms with E-state index < -0.39 is 0 Å². The van der Waals surface area contributed by atoms with Crippen LogP contribution in [0.4, 0.5) is 5.69 Å². The maximum Gasteiger partial charge on any atom is 0.248 e. The number of carbonyl (C=O) groups is 1. The Morgan fingerprint density at radius 2 is 2.14 bits per heavy atom. The number of aromatic nitrogens is 1. The second-order valence-corrected chi connectivity index (χ2v) is 5.42. The van der Waals surface area contributed by atoms with Crippen LogP contribution in [0.1, 0.15) is 12.1 Å². The highest BCUT2D eigenvalue weighted by atomic mass is 16.5. The fraction of sp³-hybridized carbons (Fsp3) is 0.625. The normalized spacial score (nSPS) is 15.7. The molecule has 0 radical (unpaired) electrons. The van der Waals surface area contributed by atoms with Crippen molar-refractivity contribution in [2.24, 2.45) is 0 Å². The average molecular weight is 307 g/mol. The van der Waals surface area contributed by atoms with E-state index in [1.165, 1.54) is 5.69 Å². The number of aryl methyl sites for hydroxylation is 1. The molecule has 1 fully saturated rings. The number of amides is 1. The number of carbonyl (C=O) groups excluding carboxylic acids is 1. The van der Waals surface area contributed by atoms with E-state index in [4.69, 9.17) is 9.47 Å². The molecule has 0 N–H and O–H groups in total. The lowest BCUT2D eigenvalue weighted by Crippen LogP contribution is -2.37. The van der Waals surface area contributed by atoms with Crippen molar-refractivity contribution in [2.45, 2.75) is 13.3 Å². The van der Waals surface area contributed by atoms with Crippen molar-refractivity contribution in [3.05, 3.63) is 24.0 Å². The van der Waals surface area contributed by atoms with Gasteiger partial charge in [0.15, 0.2) is 0 Å². The second kappa shape index (κ2) is 8.70. The summed E-state index contributed by atoms with van der Waals surface area (Å²) in [4.78, 5) is 20.6. The summed E-state index contributed by atoms with van der Waals surface area (Å²) >= 11 is 0. The van der Waals surface area contributed by atoms with E-state index in [1.807, 2.05) is 24.1 Å². The van der Waals surface area contributed by atoms with Gasteiger partial charge in [0.25, 0.3) is 0 Å². The lowest BCUT2D eigenvalue weighted by atomic mass is 10.3. The zero-order valence-electron chi connectivity index (χ0n) is 13.5. The second-order valence-electron chi connectivity index (χ2n) is 5.42. The van der Waals surface area contributed by atoms with Crippen molar-refractivity contribution >= 4 is 11.6 Å². The van der Waals surface area contributed by atoms with Gasteiger partial charge >= 0.3 is 0 Å². The predicted octanol–water partition coefficient (Wildman–Crippen LogP) is 1.09. The van der Waals surface area contributed by atoms with E-state index in [-0.39, 0.29) is 12.5 Å². The molecule has 0 spiro atoms. The Hall–Kier alpha value is -1.66. The van der Waals surface area contributed by atoms with Crippen LogP contribution in [-0.4, -0.2) is 68.9 Å². The molecule has 0 bridgehead atoms. The largest absolute Gasteiger partial charge is 0.382 e. The molecule has 1 saturated heterocycles. The van der Waals surface area contributed by atoms with Gasteiger partial charge in [0.1, 0.15) is 6.61 Å². The van der Waals surface area contributed by atoms with Crippen molar-refractivity contribution < 1.29 is 14.3 Å². The van der Waals surface area contributed by atoms with Gasteiger partial charge in [-0.3, -0.25) is 9.78 Å². The zero-order valence-corrected chi connectivity index (χ0v) is 13.5. The minimum atomic E-state index is 0.0591. The average Bonchev–Trinajstić information content (AvgIpc) is 2.77. The first-order valence-corrected chi connectivity index (χ1v) is 7.73. The Morgan fingerprint density at radius 1 is 1.27 bits per heavy atom. The maximum absolute atomic E-state index is 12.1. The van der Waals surface area contributed by atoms with Crippen LogP contribution >= 0.6 is 0 Å². The topological polar surface area (TPSA) is 54.9 Å². The number of nitrogens with zero attached hydrogens (tertiary/aromatic N) is 3. The number of hydrogen-bond donors (Lipinski definition) is 0. The molecule has 0 aliphatic carbocycles. The van der Waals surface area contributed by atoms with Crippen molar-refractivity contribution in [2.75, 3.05) is 58.0 Å². The summed E-state index contributed by atoms with van der Waals surface area (Å²) in [5.74, 6) is 0.0591. The fourth-order valence-electron chi connectivity index (χ4n) is 2.55. The molecule has 2 rings (SSSR count). The Labute approximate surface area is 132 Å². The number of pyridine rings is 1. The molecule has 6 nitrogen and oxygen atoms in total. The molecule has 6 heteroatoms. The molecule has 1 aromatic rings. The van der Waals surface area contributed by atoms with Crippen LogP contribution in [0.3, 0.4) is 0 Å². The van der Waals surface area contributed by atoms with Gasteiger partial charge in [-0.15, -0.1) is 0 Å². The molecule has 0 saturated carbocycles. The van der Waals surface area contributed by atoms with Crippen LogP contribution in [0.25, 0.3) is 0 Å². The third-order valence-corrected chi connectivity index (χ3v) is 3.75. The Kier molecular flexibility index (Phi) is 6.61. The minimum Gasteiger partial charge on any atom is -0.382 e. The van der Waals surface area contributed by atoms with Crippen molar-refractivity contribution in [3.8, 4) is 0 Å². The van der Waals surface area contributed by atoms with Crippen LogP contribution in [0.15, 0.2) is 18.3 Å². The summed E-state index contributed by atoms with van der Waals surface area (Å²) in [6.07, 6.45) is 2.80. The molecule has 1 amide bonds. The minimum absolute atomic E-state index is 0.0591. The zero-order chi connectivity index (χ0) is 15.8. The van der Waals surface area contributed by atoms with Crippen LogP contribution in [0.2, 0.25) is 0 Å². The molecule has 1 aliphatic rings. The van der Waals surface area contributed by atoms with Gasteiger partial charge < -0.3 is 19.3 Å². The summed E-state index contributed by atoms with van der Waals surface area (Å²) < 4.78 is 10.2. The van der Waals surface area contributed by atoms with Gasteiger partial charge in [0.2, 0.25) is 5.91 Å².